The number of aliphatic hydroxyl groups excluding tert-OH is 1. The van der Waals surface area contributed by atoms with Gasteiger partial charge >= 0.3 is 0 Å². The molecule has 1 N–H and O–H groups in total. The molecule has 2 nitrogen and oxygen atoms in total. The van der Waals surface area contributed by atoms with Crippen molar-refractivity contribution in [2.75, 3.05) is 13.2 Å². The van der Waals surface area contributed by atoms with Crippen molar-refractivity contribution in [2.45, 2.75) is 39.7 Å². The summed E-state index contributed by atoms with van der Waals surface area (Å²) in [6.45, 7) is 9.13. The van der Waals surface area contributed by atoms with Crippen molar-refractivity contribution in [1.29, 1.82) is 0 Å². The monoisotopic (exact) mass is 160 g/mol. The zero-order valence-electron chi connectivity index (χ0n) is 8.05. The maximum Gasteiger partial charge on any atom is 0.0598 e. The van der Waals surface area contributed by atoms with Crippen LogP contribution in [0.5, 0.6) is 0 Å². The Kier molecular flexibility index (Phi) is 4.69. The molecular formula is C9H20O2. The van der Waals surface area contributed by atoms with Crippen molar-refractivity contribution in [3.63, 3.8) is 0 Å². The van der Waals surface area contributed by atoms with Gasteiger partial charge in [-0.25, -0.2) is 0 Å². The third kappa shape index (κ3) is 7.82. The average molecular weight is 160 g/mol. The summed E-state index contributed by atoms with van der Waals surface area (Å²) in [6, 6.07) is 0. The van der Waals surface area contributed by atoms with Crippen LogP contribution in [0.25, 0.3) is 0 Å². The Morgan fingerprint density at radius 2 is 1.91 bits per heavy atom. The largest absolute Gasteiger partial charge is 0.396 e. The molecule has 1 unspecified atom stereocenters. The molecule has 0 radical (unpaired) electrons. The van der Waals surface area contributed by atoms with Gasteiger partial charge in [0.25, 0.3) is 0 Å². The van der Waals surface area contributed by atoms with E-state index in [1.54, 1.807) is 0 Å². The Morgan fingerprint density at radius 3 is 2.27 bits per heavy atom. The minimum absolute atomic E-state index is 0.0465. The first-order valence-corrected chi connectivity index (χ1v) is 4.20. The van der Waals surface area contributed by atoms with E-state index in [0.29, 0.717) is 5.92 Å². The molecule has 0 aliphatic carbocycles. The van der Waals surface area contributed by atoms with Crippen LogP contribution < -0.4 is 0 Å². The van der Waals surface area contributed by atoms with E-state index in [1.807, 2.05) is 27.7 Å². The molecule has 11 heavy (non-hydrogen) atoms. The molecule has 0 bridgehead atoms. The lowest BCUT2D eigenvalue weighted by Crippen LogP contribution is -2.21. The van der Waals surface area contributed by atoms with Gasteiger partial charge < -0.3 is 9.84 Å². The van der Waals surface area contributed by atoms with Crippen molar-refractivity contribution < 1.29 is 9.84 Å². The molecule has 0 aromatic heterocycles. The minimum atomic E-state index is -0.0465. The van der Waals surface area contributed by atoms with Gasteiger partial charge in [0.15, 0.2) is 0 Å². The lowest BCUT2D eigenvalue weighted by atomic mass is 10.1. The first-order chi connectivity index (χ1) is 4.95. The fourth-order valence-corrected chi connectivity index (χ4v) is 0.658. The van der Waals surface area contributed by atoms with Crippen LogP contribution in [-0.4, -0.2) is 23.9 Å². The number of hydrogen-bond acceptors (Lipinski definition) is 2. The van der Waals surface area contributed by atoms with Gasteiger partial charge in [0.1, 0.15) is 0 Å². The normalized spacial score (nSPS) is 15.0. The van der Waals surface area contributed by atoms with Crippen LogP contribution >= 0.6 is 0 Å². The predicted octanol–water partition coefficient (Wildman–Crippen LogP) is 1.82. The van der Waals surface area contributed by atoms with Gasteiger partial charge in [-0.2, -0.15) is 0 Å². The summed E-state index contributed by atoms with van der Waals surface area (Å²) >= 11 is 0. The zero-order valence-corrected chi connectivity index (χ0v) is 8.05. The molecule has 0 aromatic rings. The van der Waals surface area contributed by atoms with Crippen LogP contribution in [0.2, 0.25) is 0 Å². The number of ether oxygens (including phenoxy) is 1. The van der Waals surface area contributed by atoms with Gasteiger partial charge in [0.05, 0.1) is 5.60 Å². The summed E-state index contributed by atoms with van der Waals surface area (Å²) in [6.07, 6.45) is 0.938. The van der Waals surface area contributed by atoms with Crippen LogP contribution in [0.4, 0.5) is 0 Å². The predicted molar refractivity (Wildman–Crippen MR) is 46.6 cm³/mol. The Labute approximate surface area is 69.6 Å². The fraction of sp³-hybridized carbons (Fsp3) is 1.00. The van der Waals surface area contributed by atoms with Gasteiger partial charge in [-0.1, -0.05) is 6.92 Å². The topological polar surface area (TPSA) is 29.5 Å². The van der Waals surface area contributed by atoms with Gasteiger partial charge in [0.2, 0.25) is 0 Å². The van der Waals surface area contributed by atoms with Crippen molar-refractivity contribution >= 4 is 0 Å². The Morgan fingerprint density at radius 1 is 1.36 bits per heavy atom. The van der Waals surface area contributed by atoms with Crippen LogP contribution in [0.1, 0.15) is 34.1 Å². The van der Waals surface area contributed by atoms with E-state index in [9.17, 15) is 0 Å². The second-order valence-corrected chi connectivity index (χ2v) is 4.04. The molecular weight excluding hydrogens is 140 g/mol. The summed E-state index contributed by atoms with van der Waals surface area (Å²) in [5.41, 5.74) is -0.0465. The highest BCUT2D eigenvalue weighted by Gasteiger charge is 2.10. The van der Waals surface area contributed by atoms with Crippen LogP contribution in [-0.2, 0) is 4.74 Å². The molecule has 0 aliphatic heterocycles. The maximum atomic E-state index is 8.71. The SMILES string of the molecule is CC(CO)CCOC(C)(C)C. The second kappa shape index (κ2) is 4.73. The lowest BCUT2D eigenvalue weighted by molar-refractivity contribution is -0.0110. The number of hydrogen-bond donors (Lipinski definition) is 1. The van der Waals surface area contributed by atoms with E-state index in [2.05, 4.69) is 0 Å². The van der Waals surface area contributed by atoms with E-state index in [0.717, 1.165) is 13.0 Å². The van der Waals surface area contributed by atoms with Crippen molar-refractivity contribution in [2.24, 2.45) is 5.92 Å². The first kappa shape index (κ1) is 10.9. The summed E-state index contributed by atoms with van der Waals surface area (Å²) in [5, 5.41) is 8.71. The molecule has 0 aromatic carbocycles. The molecule has 0 spiro atoms. The summed E-state index contributed by atoms with van der Waals surface area (Å²) in [7, 11) is 0. The van der Waals surface area contributed by atoms with Crippen molar-refractivity contribution in [3.8, 4) is 0 Å². The van der Waals surface area contributed by atoms with Crippen LogP contribution in [0.3, 0.4) is 0 Å². The highest BCUT2D eigenvalue weighted by molar-refractivity contribution is 4.59. The number of aliphatic hydroxyl groups is 1. The Balaban J connectivity index is 3.28. The Bertz CT molecular complexity index is 94.2. The summed E-state index contributed by atoms with van der Waals surface area (Å²) in [5.74, 6) is 0.359. The molecule has 0 saturated carbocycles. The van der Waals surface area contributed by atoms with E-state index >= 15 is 0 Å². The lowest BCUT2D eigenvalue weighted by Gasteiger charge is -2.20. The molecule has 1 atom stereocenters. The van der Waals surface area contributed by atoms with E-state index in [-0.39, 0.29) is 12.2 Å². The van der Waals surface area contributed by atoms with E-state index in [1.165, 1.54) is 0 Å². The van der Waals surface area contributed by atoms with Crippen LogP contribution in [0.15, 0.2) is 0 Å². The quantitative estimate of drug-likeness (QED) is 0.679. The molecule has 68 valence electrons. The zero-order chi connectivity index (χ0) is 8.91. The Hall–Kier alpha value is -0.0800. The molecule has 0 heterocycles. The maximum absolute atomic E-state index is 8.71. The van der Waals surface area contributed by atoms with E-state index < -0.39 is 0 Å². The van der Waals surface area contributed by atoms with E-state index in [4.69, 9.17) is 9.84 Å². The van der Waals surface area contributed by atoms with Crippen molar-refractivity contribution in [1.82, 2.24) is 0 Å². The van der Waals surface area contributed by atoms with Gasteiger partial charge in [-0.3, -0.25) is 0 Å². The summed E-state index contributed by atoms with van der Waals surface area (Å²) < 4.78 is 5.49. The second-order valence-electron chi connectivity index (χ2n) is 4.04. The van der Waals surface area contributed by atoms with Crippen molar-refractivity contribution in [3.05, 3.63) is 0 Å². The van der Waals surface area contributed by atoms with Crippen LogP contribution in [0, 0.1) is 5.92 Å². The molecule has 0 amide bonds. The van der Waals surface area contributed by atoms with Gasteiger partial charge in [0, 0.05) is 13.2 Å². The third-order valence-corrected chi connectivity index (χ3v) is 1.46. The molecule has 0 fully saturated rings. The third-order valence-electron chi connectivity index (χ3n) is 1.46. The number of rotatable bonds is 4. The van der Waals surface area contributed by atoms with Gasteiger partial charge in [-0.05, 0) is 33.1 Å². The molecule has 2 heteroatoms. The average Bonchev–Trinajstić information content (AvgIpc) is 1.85. The highest BCUT2D eigenvalue weighted by Crippen LogP contribution is 2.09. The fourth-order valence-electron chi connectivity index (χ4n) is 0.658. The first-order valence-electron chi connectivity index (χ1n) is 4.20. The minimum Gasteiger partial charge on any atom is -0.396 e. The smallest absolute Gasteiger partial charge is 0.0598 e. The standard InChI is InChI=1S/C9H20O2/c1-8(7-10)5-6-11-9(2,3)4/h8,10H,5-7H2,1-4H3. The molecule has 0 aliphatic rings. The summed E-state index contributed by atoms with van der Waals surface area (Å²) in [4.78, 5) is 0. The molecule has 0 rings (SSSR count). The molecule has 0 saturated heterocycles. The van der Waals surface area contributed by atoms with Gasteiger partial charge in [-0.15, -0.1) is 0 Å². The highest BCUT2D eigenvalue weighted by atomic mass is 16.5.